The summed E-state index contributed by atoms with van der Waals surface area (Å²) < 4.78 is 11.0. The smallest absolute Gasteiger partial charge is 0.329 e. The zero-order valence-electron chi connectivity index (χ0n) is 16.7. The number of benzene rings is 1. The number of nitrogens with zero attached hydrogens (tertiary/aromatic N) is 2. The molecule has 2 rings (SSSR count). The number of halogens is 1. The van der Waals surface area contributed by atoms with E-state index in [0.29, 0.717) is 33.9 Å². The van der Waals surface area contributed by atoms with Crippen LogP contribution in [0, 0.1) is 11.3 Å². The summed E-state index contributed by atoms with van der Waals surface area (Å²) in [4.78, 5) is 14.1. The van der Waals surface area contributed by atoms with E-state index in [-0.39, 0.29) is 0 Å². The Morgan fingerprint density at radius 1 is 1.43 bits per heavy atom. The first kappa shape index (κ1) is 21.8. The summed E-state index contributed by atoms with van der Waals surface area (Å²) in [5.74, 6) is -0.0239. The normalized spacial score (nSPS) is 17.9. The Morgan fingerprint density at radius 2 is 2.11 bits per heavy atom. The fourth-order valence-electron chi connectivity index (χ4n) is 2.96. The number of esters is 1. The molecule has 6 nitrogen and oxygen atoms in total. The molecule has 28 heavy (non-hydrogen) atoms. The molecule has 1 aromatic carbocycles. The summed E-state index contributed by atoms with van der Waals surface area (Å²) >= 11 is 6.09. The SMILES string of the molecule is CCC(C(=O)OC(C)(C)C)N1C=C(OC)C(c2cc(Cl)ccc2C#N)=CC1O. The number of aliphatic hydroxyl groups is 1. The monoisotopic (exact) mass is 404 g/mol. The lowest BCUT2D eigenvalue weighted by Gasteiger charge is -2.36. The number of allylic oxidation sites excluding steroid dienone is 1. The highest BCUT2D eigenvalue weighted by Gasteiger charge is 2.34. The molecule has 150 valence electrons. The average Bonchev–Trinajstić information content (AvgIpc) is 2.61. The maximum atomic E-state index is 12.6. The van der Waals surface area contributed by atoms with Crippen molar-refractivity contribution in [1.29, 1.82) is 5.26 Å². The zero-order valence-corrected chi connectivity index (χ0v) is 17.4. The highest BCUT2D eigenvalue weighted by atomic mass is 35.5. The Balaban J connectivity index is 2.43. The van der Waals surface area contributed by atoms with Crippen LogP contribution in [0.4, 0.5) is 0 Å². The van der Waals surface area contributed by atoms with Crippen molar-refractivity contribution in [2.75, 3.05) is 7.11 Å². The van der Waals surface area contributed by atoms with Gasteiger partial charge in [-0.25, -0.2) is 4.79 Å². The summed E-state index contributed by atoms with van der Waals surface area (Å²) in [6.07, 6.45) is 2.44. The molecule has 0 bridgehead atoms. The van der Waals surface area contributed by atoms with Crippen LogP contribution in [0.3, 0.4) is 0 Å². The Hall–Kier alpha value is -2.49. The fourth-order valence-corrected chi connectivity index (χ4v) is 3.14. The minimum Gasteiger partial charge on any atom is -0.495 e. The van der Waals surface area contributed by atoms with Gasteiger partial charge in [0.25, 0.3) is 0 Å². The molecule has 7 heteroatoms. The van der Waals surface area contributed by atoms with Crippen LogP contribution in [-0.4, -0.2) is 41.0 Å². The third-order valence-electron chi connectivity index (χ3n) is 4.19. The topological polar surface area (TPSA) is 82.8 Å². The number of methoxy groups -OCH3 is 1. The maximum absolute atomic E-state index is 12.6. The van der Waals surface area contributed by atoms with Crippen LogP contribution in [0.2, 0.25) is 5.02 Å². The predicted molar refractivity (Wildman–Crippen MR) is 107 cm³/mol. The molecule has 0 spiro atoms. The van der Waals surface area contributed by atoms with E-state index < -0.39 is 23.8 Å². The third-order valence-corrected chi connectivity index (χ3v) is 4.43. The number of carbonyl (C=O) groups is 1. The second kappa shape index (κ2) is 8.68. The number of ether oxygens (including phenoxy) is 2. The summed E-state index contributed by atoms with van der Waals surface area (Å²) in [5, 5.41) is 20.6. The van der Waals surface area contributed by atoms with E-state index >= 15 is 0 Å². The highest BCUT2D eigenvalue weighted by molar-refractivity contribution is 6.30. The van der Waals surface area contributed by atoms with Crippen LogP contribution in [0.25, 0.3) is 5.57 Å². The van der Waals surface area contributed by atoms with Crippen LogP contribution in [-0.2, 0) is 14.3 Å². The number of hydrogen-bond donors (Lipinski definition) is 1. The first-order valence-corrected chi connectivity index (χ1v) is 9.35. The van der Waals surface area contributed by atoms with Crippen molar-refractivity contribution in [3.05, 3.63) is 52.4 Å². The molecule has 0 fully saturated rings. The lowest BCUT2D eigenvalue weighted by molar-refractivity contribution is -0.163. The Bertz CT molecular complexity index is 849. The largest absolute Gasteiger partial charge is 0.495 e. The number of rotatable bonds is 5. The quantitative estimate of drug-likeness (QED) is 0.751. The number of carbonyl (C=O) groups excluding carboxylic acids is 1. The third kappa shape index (κ3) is 4.86. The van der Waals surface area contributed by atoms with Gasteiger partial charge in [0.2, 0.25) is 0 Å². The van der Waals surface area contributed by atoms with Gasteiger partial charge in [0.15, 0.2) is 0 Å². The van der Waals surface area contributed by atoms with Crippen LogP contribution < -0.4 is 0 Å². The van der Waals surface area contributed by atoms with Crippen molar-refractivity contribution in [3.63, 3.8) is 0 Å². The second-order valence-corrected chi connectivity index (χ2v) is 7.83. The minimum absolute atomic E-state index is 0.401. The van der Waals surface area contributed by atoms with Gasteiger partial charge in [0.05, 0.1) is 18.7 Å². The average molecular weight is 405 g/mol. The van der Waals surface area contributed by atoms with Crippen molar-refractivity contribution in [2.45, 2.75) is 52.0 Å². The Kier molecular flexibility index (Phi) is 6.76. The van der Waals surface area contributed by atoms with Gasteiger partial charge in [-0.2, -0.15) is 5.26 Å². The van der Waals surface area contributed by atoms with Gasteiger partial charge in [-0.15, -0.1) is 0 Å². The van der Waals surface area contributed by atoms with Gasteiger partial charge < -0.3 is 19.5 Å². The summed E-state index contributed by atoms with van der Waals surface area (Å²) in [5.41, 5.74) is 0.845. The standard InChI is InChI=1S/C21H25ClN2O4/c1-6-17(20(26)28-21(2,3)4)24-12-18(27-5)16(10-19(24)25)15-9-14(22)8-7-13(15)11-23/h7-10,12,17,19,25H,6H2,1-5H3. The Labute approximate surface area is 170 Å². The van der Waals surface area contributed by atoms with Crippen molar-refractivity contribution in [1.82, 2.24) is 4.90 Å². The van der Waals surface area contributed by atoms with Crippen LogP contribution >= 0.6 is 11.6 Å². The van der Waals surface area contributed by atoms with Gasteiger partial charge in [-0.1, -0.05) is 18.5 Å². The van der Waals surface area contributed by atoms with Gasteiger partial charge in [-0.3, -0.25) is 0 Å². The van der Waals surface area contributed by atoms with Crippen molar-refractivity contribution in [2.24, 2.45) is 0 Å². The van der Waals surface area contributed by atoms with E-state index in [4.69, 9.17) is 21.1 Å². The lowest BCUT2D eigenvalue weighted by Crippen LogP contribution is -2.47. The van der Waals surface area contributed by atoms with E-state index in [0.717, 1.165) is 0 Å². The first-order valence-electron chi connectivity index (χ1n) is 8.97. The summed E-state index contributed by atoms with van der Waals surface area (Å²) in [7, 11) is 1.49. The zero-order chi connectivity index (χ0) is 21.1. The van der Waals surface area contributed by atoms with Gasteiger partial charge in [-0.05, 0) is 51.5 Å². The molecule has 0 amide bonds. The molecular weight excluding hydrogens is 380 g/mol. The molecule has 1 aliphatic rings. The first-order chi connectivity index (χ1) is 13.1. The fraction of sp³-hybridized carbons (Fsp3) is 0.429. The summed E-state index contributed by atoms with van der Waals surface area (Å²) in [6, 6.07) is 6.31. The molecule has 2 atom stereocenters. The maximum Gasteiger partial charge on any atom is 0.329 e. The molecule has 0 saturated heterocycles. The highest BCUT2D eigenvalue weighted by Crippen LogP contribution is 2.34. The molecule has 2 unspecified atom stereocenters. The molecule has 1 heterocycles. The minimum atomic E-state index is -1.10. The van der Waals surface area contributed by atoms with Crippen LogP contribution in [0.15, 0.2) is 36.2 Å². The molecule has 0 aliphatic carbocycles. The van der Waals surface area contributed by atoms with Crippen molar-refractivity contribution >= 4 is 23.1 Å². The Morgan fingerprint density at radius 3 is 2.64 bits per heavy atom. The number of aliphatic hydroxyl groups excluding tert-OH is 1. The predicted octanol–water partition coefficient (Wildman–Crippen LogP) is 3.84. The molecule has 0 saturated carbocycles. The van der Waals surface area contributed by atoms with E-state index in [1.807, 2.05) is 6.92 Å². The molecule has 0 aromatic heterocycles. The molecule has 0 radical (unpaired) electrons. The van der Waals surface area contributed by atoms with Gasteiger partial charge in [0.1, 0.15) is 23.6 Å². The number of hydrogen-bond acceptors (Lipinski definition) is 6. The number of nitriles is 1. The van der Waals surface area contributed by atoms with Crippen LogP contribution in [0.1, 0.15) is 45.2 Å². The lowest BCUT2D eigenvalue weighted by atomic mass is 9.96. The molecule has 1 aromatic rings. The molecule has 1 aliphatic heterocycles. The van der Waals surface area contributed by atoms with E-state index in [1.54, 1.807) is 51.2 Å². The van der Waals surface area contributed by atoms with E-state index in [2.05, 4.69) is 6.07 Å². The van der Waals surface area contributed by atoms with Gasteiger partial charge >= 0.3 is 5.97 Å². The molecular formula is C21H25ClN2O4. The second-order valence-electron chi connectivity index (χ2n) is 7.40. The van der Waals surface area contributed by atoms with Crippen molar-refractivity contribution < 1.29 is 19.4 Å². The summed E-state index contributed by atoms with van der Waals surface area (Å²) in [6.45, 7) is 7.22. The van der Waals surface area contributed by atoms with E-state index in [9.17, 15) is 15.2 Å². The molecule has 1 N–H and O–H groups in total. The van der Waals surface area contributed by atoms with Crippen LogP contribution in [0.5, 0.6) is 0 Å². The van der Waals surface area contributed by atoms with Crippen molar-refractivity contribution in [3.8, 4) is 6.07 Å². The van der Waals surface area contributed by atoms with E-state index in [1.165, 1.54) is 12.0 Å². The van der Waals surface area contributed by atoms with Gasteiger partial charge in [0, 0.05) is 22.4 Å².